The molecule has 2 atom stereocenters. The molecule has 5 heteroatoms. The zero-order valence-electron chi connectivity index (χ0n) is 26.0. The number of aliphatic carboxylic acids is 1. The van der Waals surface area contributed by atoms with Gasteiger partial charge in [0, 0.05) is 25.3 Å². The second kappa shape index (κ2) is 16.3. The first-order valence-corrected chi connectivity index (χ1v) is 16.6. The minimum atomic E-state index is -0.615. The molecule has 41 heavy (non-hydrogen) atoms. The van der Waals surface area contributed by atoms with Crippen molar-refractivity contribution in [3.05, 3.63) is 65.7 Å². The van der Waals surface area contributed by atoms with Gasteiger partial charge in [-0.15, -0.1) is 0 Å². The highest BCUT2D eigenvalue weighted by atomic mass is 16.4. The van der Waals surface area contributed by atoms with Crippen LogP contribution in [0.1, 0.15) is 88.7 Å². The van der Waals surface area contributed by atoms with E-state index in [0.29, 0.717) is 11.8 Å². The Balaban J connectivity index is 0.000000180. The number of hydrogen-bond donors (Lipinski definition) is 1. The van der Waals surface area contributed by atoms with Crippen molar-refractivity contribution in [1.29, 1.82) is 0 Å². The van der Waals surface area contributed by atoms with Crippen molar-refractivity contribution >= 4 is 11.7 Å². The number of fused-ring (bicyclic) bond motifs is 1. The van der Waals surface area contributed by atoms with Crippen molar-refractivity contribution in [3.8, 4) is 0 Å². The topological polar surface area (TPSA) is 47.0 Å². The molecule has 1 N–H and O–H groups in total. The Bertz CT molecular complexity index is 1030. The van der Waals surface area contributed by atoms with Crippen LogP contribution in [0.25, 0.3) is 0 Å². The molecular formula is C36H55N3O2. The van der Waals surface area contributed by atoms with E-state index < -0.39 is 5.97 Å². The third-order valence-electron chi connectivity index (χ3n) is 9.76. The van der Waals surface area contributed by atoms with Gasteiger partial charge in [0.25, 0.3) is 0 Å². The molecule has 0 spiro atoms. The Morgan fingerprint density at radius 1 is 0.829 bits per heavy atom. The second-order valence-corrected chi connectivity index (χ2v) is 12.5. The molecule has 0 aromatic heterocycles. The Labute approximate surface area is 249 Å². The van der Waals surface area contributed by atoms with Crippen LogP contribution < -0.4 is 4.90 Å². The molecule has 0 bridgehead atoms. The molecule has 5 nitrogen and oxygen atoms in total. The number of carboxylic acids is 1. The molecule has 0 radical (unpaired) electrons. The van der Waals surface area contributed by atoms with Gasteiger partial charge in [-0.25, -0.2) is 0 Å². The lowest BCUT2D eigenvalue weighted by Gasteiger charge is -2.37. The second-order valence-electron chi connectivity index (χ2n) is 12.5. The number of aryl methyl sites for hydroxylation is 1. The third kappa shape index (κ3) is 8.81. The van der Waals surface area contributed by atoms with Gasteiger partial charge in [-0.05, 0) is 107 Å². The molecule has 2 aromatic carbocycles. The molecule has 1 aliphatic carbocycles. The van der Waals surface area contributed by atoms with Gasteiger partial charge in [0.15, 0.2) is 0 Å². The highest BCUT2D eigenvalue weighted by Crippen LogP contribution is 2.35. The fourth-order valence-corrected chi connectivity index (χ4v) is 7.50. The fraction of sp³-hybridized carbons (Fsp3) is 0.639. The predicted molar refractivity (Wildman–Crippen MR) is 172 cm³/mol. The van der Waals surface area contributed by atoms with Gasteiger partial charge in [0.2, 0.25) is 0 Å². The summed E-state index contributed by atoms with van der Waals surface area (Å²) in [4.78, 5) is 19.1. The van der Waals surface area contributed by atoms with Gasteiger partial charge in [-0.2, -0.15) is 0 Å². The lowest BCUT2D eigenvalue weighted by atomic mass is 9.83. The molecule has 0 amide bonds. The predicted octanol–water partition coefficient (Wildman–Crippen LogP) is 7.32. The van der Waals surface area contributed by atoms with Gasteiger partial charge < -0.3 is 14.9 Å². The summed E-state index contributed by atoms with van der Waals surface area (Å²) in [5, 5.41) is 9.70. The number of rotatable bonds is 6. The minimum Gasteiger partial charge on any atom is -0.480 e. The van der Waals surface area contributed by atoms with E-state index in [9.17, 15) is 9.90 Å². The number of likely N-dealkylation sites (tertiary alicyclic amines) is 2. The first-order chi connectivity index (χ1) is 20.1. The number of hydrogen-bond acceptors (Lipinski definition) is 4. The Hall–Kier alpha value is -2.37. The van der Waals surface area contributed by atoms with Gasteiger partial charge >= 0.3 is 5.97 Å². The zero-order chi connectivity index (χ0) is 29.0. The Kier molecular flexibility index (Phi) is 12.6. The van der Waals surface area contributed by atoms with Crippen molar-refractivity contribution in [2.75, 3.05) is 51.2 Å². The number of carboxylic acid groups (broad SMARTS) is 1. The van der Waals surface area contributed by atoms with Crippen LogP contribution in [0, 0.1) is 11.8 Å². The lowest BCUT2D eigenvalue weighted by molar-refractivity contribution is -0.145. The quantitative estimate of drug-likeness (QED) is 0.401. The summed E-state index contributed by atoms with van der Waals surface area (Å²) in [6.45, 7) is 10.9. The molecule has 2 aromatic rings. The lowest BCUT2D eigenvalue weighted by Crippen LogP contribution is -2.45. The number of anilines is 1. The number of para-hydroxylation sites is 1. The smallest absolute Gasteiger partial charge is 0.321 e. The van der Waals surface area contributed by atoms with Crippen LogP contribution in [0.2, 0.25) is 0 Å². The summed E-state index contributed by atoms with van der Waals surface area (Å²) in [6, 6.07) is 19.2. The van der Waals surface area contributed by atoms with E-state index in [0.717, 1.165) is 38.3 Å². The summed E-state index contributed by atoms with van der Waals surface area (Å²) >= 11 is 0. The average Bonchev–Trinajstić information content (AvgIpc) is 3.50. The van der Waals surface area contributed by atoms with Crippen LogP contribution in [0.15, 0.2) is 54.6 Å². The van der Waals surface area contributed by atoms with E-state index in [4.69, 9.17) is 0 Å². The molecule has 226 valence electrons. The molecule has 6 rings (SSSR count). The molecular weight excluding hydrogens is 506 g/mol. The summed E-state index contributed by atoms with van der Waals surface area (Å²) < 4.78 is 0. The molecule has 4 aliphatic rings. The molecule has 3 aliphatic heterocycles. The standard InChI is InChI=1S/C18H25NO2.C16H24N2.C2H6/c20-18(21)17(15-9-5-2-6-10-15)19-12-11-16(13-19)14-7-3-1-4-8-14;1-17-11-8-14(9-12-17)13-18-10-4-6-15-5-2-3-7-16(15)18;1-2/h1,3-4,7-8,15-17H,2,5-6,9-13H2,(H,20,21);2-3,5,7,14H,4,6,8-13H2,1H3;1-2H3/t16?,17-;;/m1../s1. The highest BCUT2D eigenvalue weighted by Gasteiger charge is 2.38. The summed E-state index contributed by atoms with van der Waals surface area (Å²) in [5.74, 6) is 1.13. The molecule has 2 saturated heterocycles. The molecule has 3 fully saturated rings. The largest absolute Gasteiger partial charge is 0.480 e. The van der Waals surface area contributed by atoms with E-state index in [1.165, 1.54) is 82.4 Å². The van der Waals surface area contributed by atoms with E-state index >= 15 is 0 Å². The van der Waals surface area contributed by atoms with Crippen LogP contribution in [-0.4, -0.2) is 73.2 Å². The summed E-state index contributed by atoms with van der Waals surface area (Å²) in [6.07, 6.45) is 12.3. The van der Waals surface area contributed by atoms with Gasteiger partial charge in [0.1, 0.15) is 6.04 Å². The maximum Gasteiger partial charge on any atom is 0.321 e. The third-order valence-corrected chi connectivity index (χ3v) is 9.76. The highest BCUT2D eigenvalue weighted by molar-refractivity contribution is 5.74. The van der Waals surface area contributed by atoms with Crippen LogP contribution >= 0.6 is 0 Å². The number of nitrogens with zero attached hydrogens (tertiary/aromatic N) is 3. The zero-order valence-corrected chi connectivity index (χ0v) is 26.0. The number of piperidine rings is 1. The molecule has 1 unspecified atom stereocenters. The number of benzene rings is 2. The maximum atomic E-state index is 11.8. The van der Waals surface area contributed by atoms with Gasteiger partial charge in [0.05, 0.1) is 0 Å². The first-order valence-electron chi connectivity index (χ1n) is 16.6. The Morgan fingerprint density at radius 2 is 1.51 bits per heavy atom. The van der Waals surface area contributed by atoms with Crippen molar-refractivity contribution in [1.82, 2.24) is 9.80 Å². The average molecular weight is 562 g/mol. The van der Waals surface area contributed by atoms with E-state index in [-0.39, 0.29) is 6.04 Å². The van der Waals surface area contributed by atoms with Crippen molar-refractivity contribution in [2.24, 2.45) is 11.8 Å². The van der Waals surface area contributed by atoms with Crippen LogP contribution in [0.3, 0.4) is 0 Å². The maximum absolute atomic E-state index is 11.8. The van der Waals surface area contributed by atoms with Crippen molar-refractivity contribution in [2.45, 2.75) is 90.0 Å². The Morgan fingerprint density at radius 3 is 2.22 bits per heavy atom. The monoisotopic (exact) mass is 561 g/mol. The molecule has 3 heterocycles. The minimum absolute atomic E-state index is 0.265. The van der Waals surface area contributed by atoms with Crippen LogP contribution in [0.5, 0.6) is 0 Å². The normalized spacial score (nSPS) is 23.0. The van der Waals surface area contributed by atoms with E-state index in [1.807, 2.05) is 19.9 Å². The van der Waals surface area contributed by atoms with Crippen LogP contribution in [-0.2, 0) is 11.2 Å². The molecule has 1 saturated carbocycles. The van der Waals surface area contributed by atoms with Crippen molar-refractivity contribution < 1.29 is 9.90 Å². The van der Waals surface area contributed by atoms with Gasteiger partial charge in [-0.1, -0.05) is 81.6 Å². The fourth-order valence-electron chi connectivity index (χ4n) is 7.50. The van der Waals surface area contributed by atoms with Crippen molar-refractivity contribution in [3.63, 3.8) is 0 Å². The summed E-state index contributed by atoms with van der Waals surface area (Å²) in [5.41, 5.74) is 4.41. The van der Waals surface area contributed by atoms with E-state index in [2.05, 4.69) is 70.3 Å². The van der Waals surface area contributed by atoms with Gasteiger partial charge in [-0.3, -0.25) is 9.69 Å². The number of carbonyl (C=O) groups is 1. The first kappa shape index (κ1) is 31.6. The van der Waals surface area contributed by atoms with Crippen LogP contribution in [0.4, 0.5) is 5.69 Å². The van der Waals surface area contributed by atoms with E-state index in [1.54, 1.807) is 5.56 Å². The SMILES string of the molecule is CC.CN1CCC(CN2CCCc3ccccc32)CC1.O=C(O)[C@@H](C1CCCCC1)N1CCC(c2ccccc2)C1. The summed E-state index contributed by atoms with van der Waals surface area (Å²) in [7, 11) is 2.24.